The van der Waals surface area contributed by atoms with E-state index in [0.717, 1.165) is 18.8 Å². The third kappa shape index (κ3) is 3.53. The lowest BCUT2D eigenvalue weighted by molar-refractivity contribution is 0.112. The molecule has 1 nitrogen and oxygen atoms in total. The minimum absolute atomic E-state index is 0.156. The van der Waals surface area contributed by atoms with Crippen molar-refractivity contribution in [3.05, 3.63) is 50.9 Å². The summed E-state index contributed by atoms with van der Waals surface area (Å²) in [5.41, 5.74) is 1.48. The zero-order valence-corrected chi connectivity index (χ0v) is 15.1. The molecule has 1 atom stereocenters. The molecule has 0 aromatic carbocycles. The van der Waals surface area contributed by atoms with E-state index in [1.165, 1.54) is 29.8 Å². The van der Waals surface area contributed by atoms with Crippen molar-refractivity contribution < 1.29 is 0 Å². The van der Waals surface area contributed by atoms with Gasteiger partial charge in [0.1, 0.15) is 0 Å². The summed E-state index contributed by atoms with van der Waals surface area (Å²) in [6.07, 6.45) is 9.72. The van der Waals surface area contributed by atoms with Gasteiger partial charge in [-0.15, -0.1) is 11.3 Å². The van der Waals surface area contributed by atoms with Crippen molar-refractivity contribution in [1.29, 1.82) is 0 Å². The monoisotopic (exact) mass is 331 g/mol. The largest absolute Gasteiger partial charge is 0.295 e. The van der Waals surface area contributed by atoms with Crippen LogP contribution in [-0.4, -0.2) is 18.5 Å². The summed E-state index contributed by atoms with van der Waals surface area (Å²) in [5.74, 6) is 0.928. The maximum Gasteiger partial charge on any atom is 0.0583 e. The molecule has 1 aliphatic rings. The molecule has 0 radical (unpaired) electrons. The molecular formula is C19H25NS2. The fraction of sp³-hybridized carbons (Fsp3) is 0.474. The van der Waals surface area contributed by atoms with Gasteiger partial charge in [-0.2, -0.15) is 11.3 Å². The molecule has 2 aromatic rings. The third-order valence-electron chi connectivity index (χ3n) is 4.83. The summed E-state index contributed by atoms with van der Waals surface area (Å²) in [6, 6.07) is 6.70. The third-order valence-corrected chi connectivity index (χ3v) is 6.60. The van der Waals surface area contributed by atoms with Gasteiger partial charge in [-0.1, -0.05) is 25.1 Å². The van der Waals surface area contributed by atoms with Crippen molar-refractivity contribution >= 4 is 28.7 Å². The average Bonchev–Trinajstić information content (AvgIpc) is 2.98. The van der Waals surface area contributed by atoms with Gasteiger partial charge in [0.15, 0.2) is 0 Å². The molecular weight excluding hydrogens is 306 g/mol. The maximum atomic E-state index is 2.62. The molecule has 2 heterocycles. The first-order chi connectivity index (χ1) is 10.7. The Hall–Kier alpha value is -0.900. The predicted octanol–water partition coefficient (Wildman–Crippen LogP) is 5.86. The number of nitrogens with zero attached hydrogens (tertiary/aromatic N) is 1. The summed E-state index contributed by atoms with van der Waals surface area (Å²) in [6.45, 7) is 3.57. The van der Waals surface area contributed by atoms with E-state index in [2.05, 4.69) is 65.4 Å². The van der Waals surface area contributed by atoms with Crippen molar-refractivity contribution in [3.63, 3.8) is 0 Å². The van der Waals surface area contributed by atoms with E-state index in [0.29, 0.717) is 0 Å². The Morgan fingerprint density at radius 3 is 2.77 bits per heavy atom. The van der Waals surface area contributed by atoms with Crippen LogP contribution >= 0.6 is 22.7 Å². The van der Waals surface area contributed by atoms with Crippen LogP contribution in [0.2, 0.25) is 0 Å². The molecule has 1 saturated carbocycles. The van der Waals surface area contributed by atoms with E-state index in [4.69, 9.17) is 0 Å². The molecule has 0 N–H and O–H groups in total. The first-order valence-corrected chi connectivity index (χ1v) is 10.0. The first-order valence-electron chi connectivity index (χ1n) is 8.18. The van der Waals surface area contributed by atoms with Crippen LogP contribution in [-0.2, 0) is 5.54 Å². The van der Waals surface area contributed by atoms with Gasteiger partial charge in [-0.25, -0.2) is 0 Å². The summed E-state index contributed by atoms with van der Waals surface area (Å²) >= 11 is 3.67. The highest BCUT2D eigenvalue weighted by atomic mass is 32.1. The van der Waals surface area contributed by atoms with Crippen molar-refractivity contribution in [2.75, 3.05) is 13.6 Å². The zero-order chi connectivity index (χ0) is 15.4. The van der Waals surface area contributed by atoms with E-state index >= 15 is 0 Å². The van der Waals surface area contributed by atoms with Crippen molar-refractivity contribution in [1.82, 2.24) is 4.90 Å². The molecule has 0 spiro atoms. The van der Waals surface area contributed by atoms with Crippen LogP contribution in [0.1, 0.15) is 43.0 Å². The summed E-state index contributed by atoms with van der Waals surface area (Å²) in [7, 11) is 2.32. The van der Waals surface area contributed by atoms with E-state index in [1.807, 2.05) is 11.3 Å². The number of hydrogen-bond acceptors (Lipinski definition) is 3. The van der Waals surface area contributed by atoms with Crippen LogP contribution in [0.5, 0.6) is 0 Å². The zero-order valence-electron chi connectivity index (χ0n) is 13.5. The van der Waals surface area contributed by atoms with Crippen LogP contribution in [0.25, 0.3) is 6.08 Å². The SMILES string of the molecule is CCC(CC=Cc1ccsc1)(c1cccs1)N(C)CC1CC1. The second-order valence-corrected chi connectivity index (χ2v) is 8.08. The van der Waals surface area contributed by atoms with E-state index < -0.39 is 0 Å². The summed E-state index contributed by atoms with van der Waals surface area (Å²) in [4.78, 5) is 4.13. The molecule has 2 aromatic heterocycles. The van der Waals surface area contributed by atoms with E-state index in [1.54, 1.807) is 11.3 Å². The van der Waals surface area contributed by atoms with Gasteiger partial charge in [0.05, 0.1) is 5.54 Å². The van der Waals surface area contributed by atoms with Gasteiger partial charge < -0.3 is 0 Å². The van der Waals surface area contributed by atoms with E-state index in [9.17, 15) is 0 Å². The number of rotatable bonds is 8. The van der Waals surface area contributed by atoms with Crippen LogP contribution in [0.4, 0.5) is 0 Å². The van der Waals surface area contributed by atoms with Gasteiger partial charge in [0.2, 0.25) is 0 Å². The minimum atomic E-state index is 0.156. The Balaban J connectivity index is 1.80. The standard InChI is InChI=1S/C19H25NS2/c1-3-19(18-7-5-12-22-18,20(2)14-16-8-9-16)11-4-6-17-10-13-21-15-17/h4-7,10,12-13,15-16H,3,8-9,11,14H2,1-2H3. The van der Waals surface area contributed by atoms with Crippen LogP contribution in [0.15, 0.2) is 40.4 Å². The predicted molar refractivity (Wildman–Crippen MR) is 99.6 cm³/mol. The molecule has 118 valence electrons. The Bertz CT molecular complexity index is 581. The molecule has 1 unspecified atom stereocenters. The molecule has 22 heavy (non-hydrogen) atoms. The van der Waals surface area contributed by atoms with Gasteiger partial charge in [-0.3, -0.25) is 4.90 Å². The normalized spacial score (nSPS) is 18.1. The topological polar surface area (TPSA) is 3.24 Å². The molecule has 0 aliphatic heterocycles. The number of thiophene rings is 2. The Labute approximate surface area is 142 Å². The molecule has 0 bridgehead atoms. The Kier molecular flexibility index (Phi) is 5.17. The summed E-state index contributed by atoms with van der Waals surface area (Å²) in [5, 5.41) is 6.57. The van der Waals surface area contributed by atoms with Crippen LogP contribution in [0.3, 0.4) is 0 Å². The minimum Gasteiger partial charge on any atom is -0.295 e. The lowest BCUT2D eigenvalue weighted by Crippen LogP contribution is -2.43. The van der Waals surface area contributed by atoms with Gasteiger partial charge in [0.25, 0.3) is 0 Å². The highest BCUT2D eigenvalue weighted by Gasteiger charge is 2.37. The maximum absolute atomic E-state index is 2.62. The smallest absolute Gasteiger partial charge is 0.0583 e. The summed E-state index contributed by atoms with van der Waals surface area (Å²) < 4.78 is 0. The average molecular weight is 332 g/mol. The number of hydrogen-bond donors (Lipinski definition) is 0. The molecule has 1 aliphatic carbocycles. The fourth-order valence-electron chi connectivity index (χ4n) is 3.20. The molecule has 1 fully saturated rings. The highest BCUT2D eigenvalue weighted by molar-refractivity contribution is 7.10. The van der Waals surface area contributed by atoms with Gasteiger partial charge >= 0.3 is 0 Å². The second-order valence-electron chi connectivity index (χ2n) is 6.35. The highest BCUT2D eigenvalue weighted by Crippen LogP contribution is 2.41. The van der Waals surface area contributed by atoms with Gasteiger partial charge in [-0.05, 0) is 72.5 Å². The Morgan fingerprint density at radius 2 is 2.18 bits per heavy atom. The van der Waals surface area contributed by atoms with Crippen LogP contribution in [0, 0.1) is 5.92 Å². The fourth-order valence-corrected chi connectivity index (χ4v) is 4.89. The van der Waals surface area contributed by atoms with E-state index in [-0.39, 0.29) is 5.54 Å². The molecule has 0 amide bonds. The van der Waals surface area contributed by atoms with Gasteiger partial charge in [0, 0.05) is 11.4 Å². The Morgan fingerprint density at radius 1 is 1.32 bits per heavy atom. The molecule has 0 saturated heterocycles. The van der Waals surface area contributed by atoms with Crippen LogP contribution < -0.4 is 0 Å². The van der Waals surface area contributed by atoms with Crippen molar-refractivity contribution in [3.8, 4) is 0 Å². The second kappa shape index (κ2) is 7.12. The van der Waals surface area contributed by atoms with Crippen molar-refractivity contribution in [2.24, 2.45) is 5.92 Å². The van der Waals surface area contributed by atoms with Crippen molar-refractivity contribution in [2.45, 2.75) is 38.1 Å². The quantitative estimate of drug-likeness (QED) is 0.585. The molecule has 3 heteroatoms. The lowest BCUT2D eigenvalue weighted by Gasteiger charge is -2.40. The first kappa shape index (κ1) is 16.0. The molecule has 3 rings (SSSR count). The lowest BCUT2D eigenvalue weighted by atomic mass is 9.87.